The van der Waals surface area contributed by atoms with Crippen LogP contribution >= 0.6 is 0 Å². The molecule has 3 atom stereocenters. The van der Waals surface area contributed by atoms with E-state index in [0.717, 1.165) is 24.1 Å². The molecule has 1 aliphatic heterocycles. The summed E-state index contributed by atoms with van der Waals surface area (Å²) in [6.07, 6.45) is 1.70. The van der Waals surface area contributed by atoms with Crippen LogP contribution in [0.3, 0.4) is 0 Å². The first-order valence-electron chi connectivity index (χ1n) is 9.02. The summed E-state index contributed by atoms with van der Waals surface area (Å²) in [4.78, 5) is 25.8. The van der Waals surface area contributed by atoms with Gasteiger partial charge in [-0.05, 0) is 43.5 Å². The van der Waals surface area contributed by atoms with Crippen LogP contribution in [0.1, 0.15) is 31.4 Å². The van der Waals surface area contributed by atoms with Crippen molar-refractivity contribution in [3.63, 3.8) is 0 Å². The number of rotatable bonds is 6. The van der Waals surface area contributed by atoms with E-state index in [4.69, 9.17) is 0 Å². The first-order valence-corrected chi connectivity index (χ1v) is 9.02. The lowest BCUT2D eigenvalue weighted by Crippen LogP contribution is -2.50. The molecule has 0 spiro atoms. The maximum Gasteiger partial charge on any atom is 0.254 e. The Morgan fingerprint density at radius 1 is 1.11 bits per heavy atom. The molecule has 8 nitrogen and oxygen atoms in total. The van der Waals surface area contributed by atoms with E-state index in [-0.39, 0.29) is 0 Å². The first kappa shape index (κ1) is 19.1. The monoisotopic (exact) mass is 372 g/mol. The topological polar surface area (TPSA) is 108 Å². The van der Waals surface area contributed by atoms with Gasteiger partial charge in [-0.1, -0.05) is 12.1 Å². The summed E-state index contributed by atoms with van der Waals surface area (Å²) in [6, 6.07) is 8.86. The number of aliphatic hydroxyl groups is 2. The fourth-order valence-corrected chi connectivity index (χ4v) is 3.12. The van der Waals surface area contributed by atoms with Gasteiger partial charge in [0.05, 0.1) is 11.7 Å². The van der Waals surface area contributed by atoms with Gasteiger partial charge in [0.15, 0.2) is 12.2 Å². The van der Waals surface area contributed by atoms with Crippen molar-refractivity contribution < 1.29 is 19.8 Å². The Hall–Kier alpha value is -2.71. The lowest BCUT2D eigenvalue weighted by atomic mass is 10.1. The predicted octanol–water partition coefficient (Wildman–Crippen LogP) is 0.394. The third-order valence-electron chi connectivity index (χ3n) is 4.76. The lowest BCUT2D eigenvalue weighted by Gasteiger charge is -2.24. The number of nitrogens with zero attached hydrogens (tertiary/aromatic N) is 3. The van der Waals surface area contributed by atoms with Crippen LogP contribution in [0.5, 0.6) is 0 Å². The van der Waals surface area contributed by atoms with Gasteiger partial charge in [0.25, 0.3) is 11.8 Å². The second kappa shape index (κ2) is 8.32. The number of hydrogen-bond acceptors (Lipinski definition) is 5. The fraction of sp³-hybridized carbons (Fsp3) is 0.421. The van der Waals surface area contributed by atoms with E-state index in [9.17, 15) is 19.8 Å². The van der Waals surface area contributed by atoms with Crippen LogP contribution in [0, 0.1) is 0 Å². The number of aliphatic hydroxyl groups excluding tert-OH is 2. The molecule has 1 aliphatic rings. The molecule has 3 rings (SSSR count). The molecule has 0 radical (unpaired) electrons. The Morgan fingerprint density at radius 3 is 2.37 bits per heavy atom. The molecule has 3 N–H and O–H groups in total. The highest BCUT2D eigenvalue weighted by Gasteiger charge is 2.34. The van der Waals surface area contributed by atoms with Crippen LogP contribution in [0.15, 0.2) is 42.7 Å². The minimum atomic E-state index is -1.80. The van der Waals surface area contributed by atoms with Crippen LogP contribution in [0.4, 0.5) is 0 Å². The number of carbonyl (C=O) groups is 2. The summed E-state index contributed by atoms with van der Waals surface area (Å²) in [5, 5.41) is 26.9. The molecule has 0 unspecified atom stereocenters. The van der Waals surface area contributed by atoms with E-state index in [1.165, 1.54) is 4.90 Å². The van der Waals surface area contributed by atoms with Gasteiger partial charge < -0.3 is 20.4 Å². The first-order chi connectivity index (χ1) is 13.0. The fourth-order valence-electron chi connectivity index (χ4n) is 3.12. The van der Waals surface area contributed by atoms with Gasteiger partial charge in [-0.25, -0.2) is 4.68 Å². The summed E-state index contributed by atoms with van der Waals surface area (Å²) < 4.78 is 1.72. The largest absolute Gasteiger partial charge is 0.380 e. The smallest absolute Gasteiger partial charge is 0.254 e. The minimum Gasteiger partial charge on any atom is -0.380 e. The maximum absolute atomic E-state index is 12.2. The third-order valence-corrected chi connectivity index (χ3v) is 4.76. The number of likely N-dealkylation sites (tertiary alicyclic amines) is 1. The highest BCUT2D eigenvalue weighted by atomic mass is 16.3. The summed E-state index contributed by atoms with van der Waals surface area (Å²) in [5.74, 6) is -1.38. The molecule has 1 aromatic carbocycles. The minimum absolute atomic E-state index is 0.395. The van der Waals surface area contributed by atoms with Crippen LogP contribution in [0.2, 0.25) is 0 Å². The van der Waals surface area contributed by atoms with E-state index in [2.05, 4.69) is 10.4 Å². The Labute approximate surface area is 157 Å². The van der Waals surface area contributed by atoms with Crippen LogP contribution in [-0.2, 0) is 9.59 Å². The molecule has 27 heavy (non-hydrogen) atoms. The van der Waals surface area contributed by atoms with Gasteiger partial charge >= 0.3 is 0 Å². The number of amides is 2. The van der Waals surface area contributed by atoms with Gasteiger partial charge in [-0.2, -0.15) is 5.10 Å². The van der Waals surface area contributed by atoms with Crippen LogP contribution in [0.25, 0.3) is 5.69 Å². The number of aromatic nitrogens is 2. The van der Waals surface area contributed by atoms with Gasteiger partial charge in [-0.3, -0.25) is 9.59 Å². The van der Waals surface area contributed by atoms with Crippen molar-refractivity contribution in [1.82, 2.24) is 20.0 Å². The average Bonchev–Trinajstić information content (AvgIpc) is 3.40. The zero-order valence-corrected chi connectivity index (χ0v) is 15.2. The van der Waals surface area contributed by atoms with E-state index in [1.54, 1.807) is 17.8 Å². The number of hydrogen-bond donors (Lipinski definition) is 3. The Bertz CT molecular complexity index is 770. The van der Waals surface area contributed by atoms with Crippen LogP contribution < -0.4 is 5.32 Å². The van der Waals surface area contributed by atoms with Crippen molar-refractivity contribution in [2.45, 2.75) is 38.0 Å². The Morgan fingerprint density at radius 2 is 1.78 bits per heavy atom. The quantitative estimate of drug-likeness (QED) is 0.680. The zero-order chi connectivity index (χ0) is 19.4. The molecule has 144 valence electrons. The van der Waals surface area contributed by atoms with E-state index in [0.29, 0.717) is 13.1 Å². The average molecular weight is 372 g/mol. The van der Waals surface area contributed by atoms with Crippen molar-refractivity contribution >= 4 is 11.8 Å². The molecule has 0 bridgehead atoms. The van der Waals surface area contributed by atoms with E-state index in [1.807, 2.05) is 36.5 Å². The van der Waals surface area contributed by atoms with Crippen molar-refractivity contribution in [2.24, 2.45) is 0 Å². The lowest BCUT2D eigenvalue weighted by molar-refractivity contribution is -0.152. The SMILES string of the molecule is C[C@@H](NC(=O)[C@H](O)[C@@H](O)C(=O)N1CCCC1)c1ccc(-n2cccn2)cc1. The zero-order valence-electron chi connectivity index (χ0n) is 15.2. The predicted molar refractivity (Wildman–Crippen MR) is 97.9 cm³/mol. The molecule has 0 saturated carbocycles. The van der Waals surface area contributed by atoms with Crippen molar-refractivity contribution in [2.75, 3.05) is 13.1 Å². The molecule has 2 aromatic rings. The van der Waals surface area contributed by atoms with Gasteiger partial charge in [0.1, 0.15) is 0 Å². The van der Waals surface area contributed by atoms with Crippen molar-refractivity contribution in [1.29, 1.82) is 0 Å². The number of carbonyl (C=O) groups excluding carboxylic acids is 2. The molecule has 1 saturated heterocycles. The summed E-state index contributed by atoms with van der Waals surface area (Å²) >= 11 is 0. The number of benzene rings is 1. The molecular formula is C19H24N4O4. The molecule has 1 aromatic heterocycles. The Kier molecular flexibility index (Phi) is 5.88. The van der Waals surface area contributed by atoms with Gasteiger partial charge in [0.2, 0.25) is 0 Å². The normalized spacial score (nSPS) is 17.4. The van der Waals surface area contributed by atoms with Gasteiger partial charge in [0, 0.05) is 25.5 Å². The Balaban J connectivity index is 1.58. The molecular weight excluding hydrogens is 348 g/mol. The second-order valence-electron chi connectivity index (χ2n) is 6.69. The van der Waals surface area contributed by atoms with Gasteiger partial charge in [-0.15, -0.1) is 0 Å². The second-order valence-corrected chi connectivity index (χ2v) is 6.69. The maximum atomic E-state index is 12.2. The molecule has 0 aliphatic carbocycles. The molecule has 2 amide bonds. The standard InChI is InChI=1S/C19H24N4O4/c1-13(14-5-7-15(8-6-14)23-12-4-9-20-23)21-18(26)16(24)17(25)19(27)22-10-2-3-11-22/h4-9,12-13,16-17,24-25H,2-3,10-11H2,1H3,(H,21,26)/t13-,16-,17-/m1/s1. The van der Waals surface area contributed by atoms with E-state index >= 15 is 0 Å². The van der Waals surface area contributed by atoms with Crippen molar-refractivity contribution in [3.8, 4) is 5.69 Å². The molecule has 8 heteroatoms. The number of nitrogens with one attached hydrogen (secondary N) is 1. The highest BCUT2D eigenvalue weighted by Crippen LogP contribution is 2.16. The third kappa shape index (κ3) is 4.35. The molecule has 2 heterocycles. The van der Waals surface area contributed by atoms with Crippen LogP contribution in [-0.4, -0.2) is 62.0 Å². The van der Waals surface area contributed by atoms with Crippen molar-refractivity contribution in [3.05, 3.63) is 48.3 Å². The summed E-state index contributed by atoms with van der Waals surface area (Å²) in [5.41, 5.74) is 1.71. The van der Waals surface area contributed by atoms with E-state index < -0.39 is 30.1 Å². The summed E-state index contributed by atoms with van der Waals surface area (Å²) in [7, 11) is 0. The highest BCUT2D eigenvalue weighted by molar-refractivity contribution is 5.91. The molecule has 1 fully saturated rings. The summed E-state index contributed by atoms with van der Waals surface area (Å²) in [6.45, 7) is 2.86.